The number of nitrogens with one attached hydrogen (secondary N) is 1. The van der Waals surface area contributed by atoms with Gasteiger partial charge in [0.25, 0.3) is 5.91 Å². The topological polar surface area (TPSA) is 91.1 Å². The summed E-state index contributed by atoms with van der Waals surface area (Å²) >= 11 is 0. The Hall–Kier alpha value is -1.22. The predicted molar refractivity (Wildman–Crippen MR) is 85.0 cm³/mol. The molecule has 8 heteroatoms. The van der Waals surface area contributed by atoms with Crippen molar-refractivity contribution in [2.75, 3.05) is 65.6 Å². The number of amides is 3. The fraction of sp³-hybridized carbons (Fsp3) is 0.867. The lowest BCUT2D eigenvalue weighted by atomic mass is 9.87. The van der Waals surface area contributed by atoms with Crippen LogP contribution < -0.4 is 11.1 Å². The number of carbonyl (C=O) groups excluding carboxylic acids is 2. The number of hydrogen-bond acceptors (Lipinski definition) is 6. The van der Waals surface area contributed by atoms with Crippen LogP contribution in [0.4, 0.5) is 4.79 Å². The van der Waals surface area contributed by atoms with Gasteiger partial charge in [0.1, 0.15) is 5.54 Å². The molecule has 0 aromatic heterocycles. The monoisotopic (exact) mass is 325 g/mol. The smallest absolute Gasteiger partial charge is 0.325 e. The lowest BCUT2D eigenvalue weighted by Gasteiger charge is -2.38. The zero-order valence-electron chi connectivity index (χ0n) is 13.6. The fourth-order valence-electron chi connectivity index (χ4n) is 3.61. The van der Waals surface area contributed by atoms with E-state index in [0.29, 0.717) is 25.9 Å². The Morgan fingerprint density at radius 1 is 1.00 bits per heavy atom. The van der Waals surface area contributed by atoms with Crippen molar-refractivity contribution >= 4 is 11.9 Å². The van der Waals surface area contributed by atoms with E-state index in [0.717, 1.165) is 52.5 Å². The summed E-state index contributed by atoms with van der Waals surface area (Å²) in [7, 11) is 0. The van der Waals surface area contributed by atoms with E-state index in [-0.39, 0.29) is 11.9 Å². The zero-order chi connectivity index (χ0) is 16.3. The third kappa shape index (κ3) is 3.50. The van der Waals surface area contributed by atoms with Crippen molar-refractivity contribution in [2.24, 2.45) is 5.73 Å². The molecule has 3 aliphatic rings. The summed E-state index contributed by atoms with van der Waals surface area (Å²) in [6.45, 7) is 7.97. The molecule has 0 aromatic carbocycles. The summed E-state index contributed by atoms with van der Waals surface area (Å²) in [5.41, 5.74) is 4.79. The lowest BCUT2D eigenvalue weighted by Crippen LogP contribution is -2.55. The number of ether oxygens (including phenoxy) is 1. The predicted octanol–water partition coefficient (Wildman–Crippen LogP) is -1.34. The van der Waals surface area contributed by atoms with Gasteiger partial charge in [0.15, 0.2) is 0 Å². The summed E-state index contributed by atoms with van der Waals surface area (Å²) < 4.78 is 5.36. The van der Waals surface area contributed by atoms with Crippen molar-refractivity contribution < 1.29 is 14.3 Å². The van der Waals surface area contributed by atoms with Crippen LogP contribution in [0.3, 0.4) is 0 Å². The van der Waals surface area contributed by atoms with E-state index in [1.165, 1.54) is 4.90 Å². The average molecular weight is 325 g/mol. The molecule has 8 nitrogen and oxygen atoms in total. The van der Waals surface area contributed by atoms with Crippen molar-refractivity contribution in [1.82, 2.24) is 20.0 Å². The van der Waals surface area contributed by atoms with Crippen LogP contribution in [0.5, 0.6) is 0 Å². The highest BCUT2D eigenvalue weighted by atomic mass is 16.5. The first-order valence-electron chi connectivity index (χ1n) is 8.51. The Morgan fingerprint density at radius 2 is 1.61 bits per heavy atom. The lowest BCUT2D eigenvalue weighted by molar-refractivity contribution is -0.132. The van der Waals surface area contributed by atoms with Crippen LogP contribution in [0.15, 0.2) is 0 Å². The van der Waals surface area contributed by atoms with E-state index < -0.39 is 5.54 Å². The Kier molecular flexibility index (Phi) is 5.15. The van der Waals surface area contributed by atoms with E-state index in [4.69, 9.17) is 10.5 Å². The Balaban J connectivity index is 1.48. The molecule has 3 aliphatic heterocycles. The quantitative estimate of drug-likeness (QED) is 0.608. The number of nitrogens with zero attached hydrogens (tertiary/aromatic N) is 3. The maximum Gasteiger partial charge on any atom is 0.325 e. The first kappa shape index (κ1) is 16.6. The SMILES string of the molecule is NCCN1C(=O)NC2(CCN(CCN3CCOCC3)CC2)C1=O. The standard InChI is InChI=1S/C15H27N5O3/c16-3-6-20-13(21)15(17-14(20)22)1-4-18(5-2-15)7-8-19-9-11-23-12-10-19/h1-12,16H2,(H,17,22). The highest BCUT2D eigenvalue weighted by Crippen LogP contribution is 2.29. The molecule has 0 atom stereocenters. The Bertz CT molecular complexity index is 444. The molecule has 0 unspecified atom stereocenters. The van der Waals surface area contributed by atoms with Crippen LogP contribution in [0.25, 0.3) is 0 Å². The van der Waals surface area contributed by atoms with Crippen molar-refractivity contribution in [2.45, 2.75) is 18.4 Å². The van der Waals surface area contributed by atoms with Gasteiger partial charge in [0.2, 0.25) is 0 Å². The molecule has 23 heavy (non-hydrogen) atoms. The minimum atomic E-state index is -0.693. The van der Waals surface area contributed by atoms with Crippen LogP contribution >= 0.6 is 0 Å². The van der Waals surface area contributed by atoms with Gasteiger partial charge in [-0.05, 0) is 12.8 Å². The van der Waals surface area contributed by atoms with Gasteiger partial charge in [-0.1, -0.05) is 0 Å². The van der Waals surface area contributed by atoms with E-state index in [9.17, 15) is 9.59 Å². The number of likely N-dealkylation sites (tertiary alicyclic amines) is 1. The van der Waals surface area contributed by atoms with Crippen molar-refractivity contribution in [3.05, 3.63) is 0 Å². The molecule has 3 rings (SSSR count). The third-order valence-electron chi connectivity index (χ3n) is 5.14. The molecule has 0 saturated carbocycles. The van der Waals surface area contributed by atoms with Crippen molar-refractivity contribution in [1.29, 1.82) is 0 Å². The molecule has 0 aromatic rings. The highest BCUT2D eigenvalue weighted by molar-refractivity contribution is 6.07. The molecule has 3 fully saturated rings. The van der Waals surface area contributed by atoms with Gasteiger partial charge in [-0.3, -0.25) is 14.6 Å². The second kappa shape index (κ2) is 7.12. The molecule has 0 radical (unpaired) electrons. The maximum absolute atomic E-state index is 12.5. The van der Waals surface area contributed by atoms with Gasteiger partial charge in [-0.2, -0.15) is 0 Å². The molecular weight excluding hydrogens is 298 g/mol. The minimum Gasteiger partial charge on any atom is -0.379 e. The van der Waals surface area contributed by atoms with Gasteiger partial charge in [0.05, 0.1) is 13.2 Å². The van der Waals surface area contributed by atoms with E-state index in [1.807, 2.05) is 0 Å². The fourth-order valence-corrected chi connectivity index (χ4v) is 3.61. The number of rotatable bonds is 5. The average Bonchev–Trinajstić information content (AvgIpc) is 2.80. The molecule has 3 heterocycles. The summed E-state index contributed by atoms with van der Waals surface area (Å²) in [5.74, 6) is -0.0965. The van der Waals surface area contributed by atoms with Gasteiger partial charge >= 0.3 is 6.03 Å². The molecule has 0 bridgehead atoms. The molecule has 0 aliphatic carbocycles. The van der Waals surface area contributed by atoms with E-state index in [2.05, 4.69) is 15.1 Å². The first-order valence-corrected chi connectivity index (χ1v) is 8.51. The molecule has 3 amide bonds. The molecular formula is C15H27N5O3. The zero-order valence-corrected chi connectivity index (χ0v) is 13.6. The summed E-state index contributed by atoms with van der Waals surface area (Å²) in [6.07, 6.45) is 1.36. The van der Waals surface area contributed by atoms with Crippen LogP contribution in [0.1, 0.15) is 12.8 Å². The number of piperidine rings is 1. The van der Waals surface area contributed by atoms with Gasteiger partial charge < -0.3 is 20.7 Å². The van der Waals surface area contributed by atoms with Gasteiger partial charge in [-0.15, -0.1) is 0 Å². The molecule has 130 valence electrons. The van der Waals surface area contributed by atoms with Crippen molar-refractivity contribution in [3.63, 3.8) is 0 Å². The Labute approximate surface area is 136 Å². The number of carbonyl (C=O) groups is 2. The largest absolute Gasteiger partial charge is 0.379 e. The van der Waals surface area contributed by atoms with Crippen LogP contribution in [-0.4, -0.2) is 97.7 Å². The Morgan fingerprint density at radius 3 is 2.22 bits per heavy atom. The molecule has 3 N–H and O–H groups in total. The molecule has 3 saturated heterocycles. The normalized spacial score (nSPS) is 26.0. The summed E-state index contributed by atoms with van der Waals surface area (Å²) in [4.78, 5) is 30.6. The van der Waals surface area contributed by atoms with Gasteiger partial charge in [0, 0.05) is 52.4 Å². The van der Waals surface area contributed by atoms with Crippen LogP contribution in [0.2, 0.25) is 0 Å². The third-order valence-corrected chi connectivity index (χ3v) is 5.14. The van der Waals surface area contributed by atoms with Gasteiger partial charge in [-0.25, -0.2) is 4.79 Å². The van der Waals surface area contributed by atoms with Crippen molar-refractivity contribution in [3.8, 4) is 0 Å². The molecule has 1 spiro atoms. The second-order valence-corrected chi connectivity index (χ2v) is 6.55. The maximum atomic E-state index is 12.5. The number of morpholine rings is 1. The number of imide groups is 1. The van der Waals surface area contributed by atoms with E-state index in [1.54, 1.807) is 0 Å². The number of nitrogens with two attached hydrogens (primary N) is 1. The highest BCUT2D eigenvalue weighted by Gasteiger charge is 2.51. The van der Waals surface area contributed by atoms with Crippen LogP contribution in [-0.2, 0) is 9.53 Å². The first-order chi connectivity index (χ1) is 11.1. The van der Waals surface area contributed by atoms with E-state index >= 15 is 0 Å². The second-order valence-electron chi connectivity index (χ2n) is 6.55. The van der Waals surface area contributed by atoms with Crippen LogP contribution in [0, 0.1) is 0 Å². The number of urea groups is 1. The minimum absolute atomic E-state index is 0.0965. The summed E-state index contributed by atoms with van der Waals surface area (Å²) in [5, 5.41) is 2.91. The summed E-state index contributed by atoms with van der Waals surface area (Å²) in [6, 6.07) is -0.290. The number of hydrogen-bond donors (Lipinski definition) is 2.